The van der Waals surface area contributed by atoms with E-state index in [0.717, 1.165) is 17.5 Å². The van der Waals surface area contributed by atoms with E-state index in [9.17, 15) is 14.4 Å². The summed E-state index contributed by atoms with van der Waals surface area (Å²) in [4.78, 5) is 43.1. The molecule has 1 aromatic heterocycles. The summed E-state index contributed by atoms with van der Waals surface area (Å²) in [5, 5.41) is 0. The number of imidazole rings is 1. The Morgan fingerprint density at radius 2 is 2.08 bits per heavy atom. The fourth-order valence-corrected chi connectivity index (χ4v) is 3.97. The molecule has 26 heavy (non-hydrogen) atoms. The van der Waals surface area contributed by atoms with Crippen molar-refractivity contribution in [2.45, 2.75) is 31.8 Å². The van der Waals surface area contributed by atoms with Crippen LogP contribution in [0.4, 0.5) is 4.79 Å². The van der Waals surface area contributed by atoms with Crippen molar-refractivity contribution in [2.24, 2.45) is 0 Å². The van der Waals surface area contributed by atoms with E-state index in [0.29, 0.717) is 32.8 Å². The number of hydrogen-bond acceptors (Lipinski definition) is 4. The predicted octanol–water partition coefficient (Wildman–Crippen LogP) is 1.16. The van der Waals surface area contributed by atoms with Gasteiger partial charge in [-0.05, 0) is 18.6 Å². The van der Waals surface area contributed by atoms with Gasteiger partial charge < -0.3 is 14.6 Å². The van der Waals surface area contributed by atoms with Gasteiger partial charge in [-0.2, -0.15) is 0 Å². The molecule has 1 N–H and O–H groups in total. The molecule has 0 saturated carbocycles. The number of ether oxygens (including phenoxy) is 1. The molecule has 1 atom stereocenters. The molecule has 2 fully saturated rings. The molecular formula is C18H22N4O4. The lowest BCUT2D eigenvalue weighted by Gasteiger charge is -2.44. The van der Waals surface area contributed by atoms with E-state index in [-0.39, 0.29) is 24.1 Å². The standard InChI is InChI=1S/C18H22N4O4/c1-2-18-11-20(9-10-22(18)17(25)26-12-18)15(23)7-8-21-14-6-4-3-5-13(14)19-16(21)24/h3-6H,2,7-12H2,1H3,(H,19,24). The van der Waals surface area contributed by atoms with Crippen LogP contribution in [-0.4, -0.2) is 63.1 Å². The molecule has 3 heterocycles. The zero-order valence-corrected chi connectivity index (χ0v) is 14.7. The van der Waals surface area contributed by atoms with Crippen molar-refractivity contribution in [1.82, 2.24) is 19.4 Å². The second-order valence-electron chi connectivity index (χ2n) is 6.95. The topological polar surface area (TPSA) is 87.6 Å². The maximum Gasteiger partial charge on any atom is 0.410 e. The Morgan fingerprint density at radius 1 is 1.27 bits per heavy atom. The molecule has 8 nitrogen and oxygen atoms in total. The second-order valence-corrected chi connectivity index (χ2v) is 6.95. The molecule has 2 amide bonds. The molecule has 2 aliphatic rings. The minimum atomic E-state index is -0.414. The first kappa shape index (κ1) is 16.7. The van der Waals surface area contributed by atoms with Gasteiger partial charge in [0.05, 0.1) is 16.6 Å². The number of piperazine rings is 1. The number of benzene rings is 1. The first-order chi connectivity index (χ1) is 12.5. The van der Waals surface area contributed by atoms with Crippen molar-refractivity contribution in [2.75, 3.05) is 26.2 Å². The summed E-state index contributed by atoms with van der Waals surface area (Å²) in [6.45, 7) is 4.14. The van der Waals surface area contributed by atoms with Crippen LogP contribution in [0, 0.1) is 0 Å². The number of fused-ring (bicyclic) bond motifs is 2. The first-order valence-corrected chi connectivity index (χ1v) is 8.94. The highest BCUT2D eigenvalue weighted by molar-refractivity contribution is 5.79. The highest BCUT2D eigenvalue weighted by Crippen LogP contribution is 2.31. The van der Waals surface area contributed by atoms with Crippen LogP contribution >= 0.6 is 0 Å². The van der Waals surface area contributed by atoms with E-state index in [1.807, 2.05) is 31.2 Å². The number of aromatic nitrogens is 2. The Morgan fingerprint density at radius 3 is 2.88 bits per heavy atom. The lowest BCUT2D eigenvalue weighted by atomic mass is 9.93. The molecule has 138 valence electrons. The summed E-state index contributed by atoms with van der Waals surface area (Å²) in [6, 6.07) is 7.44. The molecule has 2 aliphatic heterocycles. The van der Waals surface area contributed by atoms with Gasteiger partial charge in [0, 0.05) is 32.6 Å². The zero-order chi connectivity index (χ0) is 18.3. The third-order valence-corrected chi connectivity index (χ3v) is 5.58. The van der Waals surface area contributed by atoms with Crippen molar-refractivity contribution < 1.29 is 14.3 Å². The van der Waals surface area contributed by atoms with Crippen LogP contribution in [0.15, 0.2) is 29.1 Å². The van der Waals surface area contributed by atoms with Gasteiger partial charge in [0.1, 0.15) is 6.61 Å². The van der Waals surface area contributed by atoms with Gasteiger partial charge >= 0.3 is 11.8 Å². The molecule has 1 aromatic carbocycles. The minimum Gasteiger partial charge on any atom is -0.447 e. The van der Waals surface area contributed by atoms with Crippen LogP contribution in [0.3, 0.4) is 0 Å². The van der Waals surface area contributed by atoms with E-state index < -0.39 is 5.54 Å². The Balaban J connectivity index is 1.46. The van der Waals surface area contributed by atoms with Crippen LogP contribution < -0.4 is 5.69 Å². The number of cyclic esters (lactones) is 1. The van der Waals surface area contributed by atoms with E-state index in [2.05, 4.69) is 4.98 Å². The minimum absolute atomic E-state index is 0.00555. The van der Waals surface area contributed by atoms with Crippen LogP contribution in [-0.2, 0) is 16.1 Å². The number of hydrogen-bond donors (Lipinski definition) is 1. The van der Waals surface area contributed by atoms with E-state index >= 15 is 0 Å². The SMILES string of the molecule is CCC12COC(=O)N1CCN(C(=O)CCn1c(=O)[nH]c3ccccc31)C2. The van der Waals surface area contributed by atoms with Gasteiger partial charge in [-0.1, -0.05) is 19.1 Å². The largest absolute Gasteiger partial charge is 0.447 e. The summed E-state index contributed by atoms with van der Waals surface area (Å²) in [5.41, 5.74) is 0.950. The highest BCUT2D eigenvalue weighted by atomic mass is 16.6. The zero-order valence-electron chi connectivity index (χ0n) is 14.7. The molecule has 8 heteroatoms. The summed E-state index contributed by atoms with van der Waals surface area (Å²) >= 11 is 0. The number of amides is 2. The number of aromatic amines is 1. The van der Waals surface area contributed by atoms with Crippen LogP contribution in [0.1, 0.15) is 19.8 Å². The number of nitrogens with one attached hydrogen (secondary N) is 1. The lowest BCUT2D eigenvalue weighted by molar-refractivity contribution is -0.135. The fourth-order valence-electron chi connectivity index (χ4n) is 3.97. The van der Waals surface area contributed by atoms with Crippen molar-refractivity contribution in [3.63, 3.8) is 0 Å². The van der Waals surface area contributed by atoms with Gasteiger partial charge in [-0.3, -0.25) is 14.3 Å². The van der Waals surface area contributed by atoms with Crippen molar-refractivity contribution in [3.8, 4) is 0 Å². The maximum atomic E-state index is 12.7. The smallest absolute Gasteiger partial charge is 0.410 e. The predicted molar refractivity (Wildman–Crippen MR) is 94.8 cm³/mol. The summed E-state index contributed by atoms with van der Waals surface area (Å²) < 4.78 is 6.80. The van der Waals surface area contributed by atoms with E-state index in [1.165, 1.54) is 0 Å². The van der Waals surface area contributed by atoms with Crippen molar-refractivity contribution >= 4 is 23.0 Å². The highest BCUT2D eigenvalue weighted by Gasteiger charge is 2.50. The number of H-pyrrole nitrogens is 1. The Hall–Kier alpha value is -2.77. The van der Waals surface area contributed by atoms with Gasteiger partial charge in [0.15, 0.2) is 0 Å². The van der Waals surface area contributed by atoms with Gasteiger partial charge in [-0.15, -0.1) is 0 Å². The third-order valence-electron chi connectivity index (χ3n) is 5.58. The molecule has 0 aliphatic carbocycles. The average molecular weight is 358 g/mol. The molecule has 0 bridgehead atoms. The number of carbonyl (C=O) groups is 2. The summed E-state index contributed by atoms with van der Waals surface area (Å²) in [5.74, 6) is -0.00555. The fraction of sp³-hybridized carbons (Fsp3) is 0.500. The van der Waals surface area contributed by atoms with Crippen molar-refractivity contribution in [1.29, 1.82) is 0 Å². The Labute approximate surface area is 150 Å². The normalized spacial score (nSPS) is 22.6. The monoisotopic (exact) mass is 358 g/mol. The molecular weight excluding hydrogens is 336 g/mol. The first-order valence-electron chi connectivity index (χ1n) is 8.94. The molecule has 2 aromatic rings. The second kappa shape index (κ2) is 6.19. The number of carbonyl (C=O) groups excluding carboxylic acids is 2. The lowest BCUT2D eigenvalue weighted by Crippen LogP contribution is -2.62. The Kier molecular flexibility index (Phi) is 3.97. The summed E-state index contributed by atoms with van der Waals surface area (Å²) in [7, 11) is 0. The average Bonchev–Trinajstić information content (AvgIpc) is 3.16. The summed E-state index contributed by atoms with van der Waals surface area (Å²) in [6.07, 6.45) is 0.699. The molecule has 2 saturated heterocycles. The van der Waals surface area contributed by atoms with Gasteiger partial charge in [-0.25, -0.2) is 9.59 Å². The number of aryl methyl sites for hydroxylation is 1. The molecule has 1 unspecified atom stereocenters. The van der Waals surface area contributed by atoms with Crippen LogP contribution in [0.2, 0.25) is 0 Å². The molecule has 0 spiro atoms. The maximum absolute atomic E-state index is 12.7. The van der Waals surface area contributed by atoms with Crippen molar-refractivity contribution in [3.05, 3.63) is 34.7 Å². The van der Waals surface area contributed by atoms with E-state index in [4.69, 9.17) is 4.74 Å². The Bertz CT molecular complexity index is 917. The third kappa shape index (κ3) is 2.56. The number of para-hydroxylation sites is 2. The number of rotatable bonds is 4. The van der Waals surface area contributed by atoms with Crippen LogP contribution in [0.25, 0.3) is 11.0 Å². The molecule has 4 rings (SSSR count). The molecule has 0 radical (unpaired) electrons. The van der Waals surface area contributed by atoms with Gasteiger partial charge in [0.25, 0.3) is 0 Å². The number of nitrogens with zero attached hydrogens (tertiary/aromatic N) is 3. The van der Waals surface area contributed by atoms with Gasteiger partial charge in [0.2, 0.25) is 5.91 Å². The van der Waals surface area contributed by atoms with E-state index in [1.54, 1.807) is 14.4 Å². The van der Waals surface area contributed by atoms with Crippen LogP contribution in [0.5, 0.6) is 0 Å². The quantitative estimate of drug-likeness (QED) is 0.888.